The molecule has 0 unspecified atom stereocenters. The van der Waals surface area contributed by atoms with Gasteiger partial charge < -0.3 is 10.1 Å². The Morgan fingerprint density at radius 1 is 1.21 bits per heavy atom. The van der Waals surface area contributed by atoms with Crippen LogP contribution in [0.1, 0.15) is 29.5 Å². The van der Waals surface area contributed by atoms with Crippen LogP contribution >= 0.6 is 0 Å². The van der Waals surface area contributed by atoms with E-state index in [-0.39, 0.29) is 5.56 Å². The Morgan fingerprint density at radius 2 is 1.84 bits per heavy atom. The van der Waals surface area contributed by atoms with E-state index in [2.05, 4.69) is 5.32 Å². The summed E-state index contributed by atoms with van der Waals surface area (Å²) in [4.78, 5) is 0. The number of halogens is 2. The lowest BCUT2D eigenvalue weighted by Crippen LogP contribution is -2.37. The molecule has 1 saturated heterocycles. The number of rotatable bonds is 3. The maximum Gasteiger partial charge on any atom is 0.279 e. The lowest BCUT2D eigenvalue weighted by Gasteiger charge is -2.32. The zero-order chi connectivity index (χ0) is 14.0. The van der Waals surface area contributed by atoms with Crippen LogP contribution in [-0.2, 0) is 5.92 Å². The van der Waals surface area contributed by atoms with E-state index in [1.807, 2.05) is 6.92 Å². The molecule has 0 bridgehead atoms. The molecule has 1 aromatic rings. The third-order valence-corrected chi connectivity index (χ3v) is 3.85. The number of piperidine rings is 1. The highest BCUT2D eigenvalue weighted by Gasteiger charge is 2.44. The minimum absolute atomic E-state index is 0.0625. The molecule has 0 spiro atoms. The molecular weight excluding hydrogens is 248 g/mol. The van der Waals surface area contributed by atoms with Gasteiger partial charge in [-0.2, -0.15) is 0 Å². The number of ether oxygens (including phenoxy) is 1. The van der Waals surface area contributed by atoms with Crippen LogP contribution in [0.25, 0.3) is 0 Å². The van der Waals surface area contributed by atoms with Gasteiger partial charge in [0.15, 0.2) is 0 Å². The van der Waals surface area contributed by atoms with Crippen molar-refractivity contribution in [1.82, 2.24) is 5.32 Å². The van der Waals surface area contributed by atoms with Crippen molar-refractivity contribution in [3.63, 3.8) is 0 Å². The molecule has 0 aromatic heterocycles. The average molecular weight is 269 g/mol. The van der Waals surface area contributed by atoms with E-state index in [1.54, 1.807) is 19.1 Å². The molecule has 2 nitrogen and oxygen atoms in total. The van der Waals surface area contributed by atoms with Gasteiger partial charge in [-0.3, -0.25) is 0 Å². The molecule has 0 aliphatic carbocycles. The Hall–Kier alpha value is -1.16. The molecule has 0 atom stereocenters. The van der Waals surface area contributed by atoms with Crippen molar-refractivity contribution in [3.8, 4) is 5.75 Å². The molecule has 0 saturated carbocycles. The van der Waals surface area contributed by atoms with Crippen molar-refractivity contribution in [2.75, 3.05) is 20.2 Å². The summed E-state index contributed by atoms with van der Waals surface area (Å²) in [5.41, 5.74) is 1.62. The van der Waals surface area contributed by atoms with Crippen LogP contribution in [0.15, 0.2) is 12.1 Å². The normalized spacial score (nSPS) is 17.5. The zero-order valence-electron chi connectivity index (χ0n) is 11.7. The fourth-order valence-electron chi connectivity index (χ4n) is 2.91. The second-order valence-electron chi connectivity index (χ2n) is 5.31. The maximum absolute atomic E-state index is 14.8. The van der Waals surface area contributed by atoms with E-state index < -0.39 is 11.8 Å². The summed E-state index contributed by atoms with van der Waals surface area (Å²) in [7, 11) is 1.45. The van der Waals surface area contributed by atoms with E-state index in [0.29, 0.717) is 37.2 Å². The van der Waals surface area contributed by atoms with Gasteiger partial charge in [0, 0.05) is 5.92 Å². The fourth-order valence-corrected chi connectivity index (χ4v) is 2.91. The summed E-state index contributed by atoms with van der Waals surface area (Å²) in [6, 6.07) is 3.49. The summed E-state index contributed by atoms with van der Waals surface area (Å²) >= 11 is 0. The van der Waals surface area contributed by atoms with Crippen molar-refractivity contribution in [2.24, 2.45) is 5.92 Å². The first kappa shape index (κ1) is 14.3. The van der Waals surface area contributed by atoms with Gasteiger partial charge in [0.2, 0.25) is 0 Å². The number of hydrogen-bond donors (Lipinski definition) is 1. The Labute approximate surface area is 113 Å². The zero-order valence-corrected chi connectivity index (χ0v) is 11.7. The molecule has 106 valence electrons. The van der Waals surface area contributed by atoms with Crippen molar-refractivity contribution >= 4 is 0 Å². The second-order valence-corrected chi connectivity index (χ2v) is 5.31. The molecule has 1 aliphatic heterocycles. The molecule has 19 heavy (non-hydrogen) atoms. The number of aryl methyl sites for hydroxylation is 2. The van der Waals surface area contributed by atoms with Gasteiger partial charge in [0.25, 0.3) is 5.92 Å². The van der Waals surface area contributed by atoms with Gasteiger partial charge in [-0.25, -0.2) is 8.78 Å². The monoisotopic (exact) mass is 269 g/mol. The molecule has 2 rings (SSSR count). The number of alkyl halides is 2. The van der Waals surface area contributed by atoms with Gasteiger partial charge in [-0.1, -0.05) is 6.07 Å². The predicted molar refractivity (Wildman–Crippen MR) is 72.0 cm³/mol. The summed E-state index contributed by atoms with van der Waals surface area (Å²) in [5.74, 6) is -3.13. The fraction of sp³-hybridized carbons (Fsp3) is 0.600. The molecule has 0 amide bonds. The maximum atomic E-state index is 14.8. The number of nitrogens with one attached hydrogen (secondary N) is 1. The highest BCUT2D eigenvalue weighted by molar-refractivity contribution is 5.46. The van der Waals surface area contributed by atoms with Gasteiger partial charge >= 0.3 is 0 Å². The number of benzene rings is 1. The molecule has 0 radical (unpaired) electrons. The van der Waals surface area contributed by atoms with Crippen molar-refractivity contribution in [2.45, 2.75) is 32.6 Å². The van der Waals surface area contributed by atoms with Gasteiger partial charge in [-0.05, 0) is 57.0 Å². The molecule has 1 fully saturated rings. The largest absolute Gasteiger partial charge is 0.496 e. The smallest absolute Gasteiger partial charge is 0.279 e. The van der Waals surface area contributed by atoms with Crippen LogP contribution in [0.4, 0.5) is 8.78 Å². The Morgan fingerprint density at radius 3 is 2.42 bits per heavy atom. The Kier molecular flexibility index (Phi) is 4.09. The lowest BCUT2D eigenvalue weighted by molar-refractivity contribution is -0.0773. The van der Waals surface area contributed by atoms with Crippen molar-refractivity contribution < 1.29 is 13.5 Å². The van der Waals surface area contributed by atoms with E-state index in [1.165, 1.54) is 7.11 Å². The van der Waals surface area contributed by atoms with Gasteiger partial charge in [0.05, 0.1) is 12.7 Å². The van der Waals surface area contributed by atoms with Crippen LogP contribution in [0.3, 0.4) is 0 Å². The third kappa shape index (κ3) is 2.73. The van der Waals surface area contributed by atoms with Crippen LogP contribution in [0, 0.1) is 19.8 Å². The van der Waals surface area contributed by atoms with Crippen LogP contribution < -0.4 is 10.1 Å². The molecular formula is C15H21F2NO. The summed E-state index contributed by atoms with van der Waals surface area (Å²) < 4.78 is 34.7. The van der Waals surface area contributed by atoms with E-state index in [0.717, 1.165) is 5.56 Å². The SMILES string of the molecule is COc1cc(C)cc(C)c1C(F)(F)C1CCNCC1. The highest BCUT2D eigenvalue weighted by atomic mass is 19.3. The number of methoxy groups -OCH3 is 1. The minimum Gasteiger partial charge on any atom is -0.496 e. The van der Waals surface area contributed by atoms with E-state index in [4.69, 9.17) is 4.74 Å². The van der Waals surface area contributed by atoms with Crippen molar-refractivity contribution in [3.05, 3.63) is 28.8 Å². The second kappa shape index (κ2) is 5.45. The third-order valence-electron chi connectivity index (χ3n) is 3.85. The predicted octanol–water partition coefficient (Wildman–Crippen LogP) is 3.40. The molecule has 4 heteroatoms. The minimum atomic E-state index is -2.83. The highest BCUT2D eigenvalue weighted by Crippen LogP contribution is 2.46. The molecule has 1 aliphatic rings. The first-order valence-electron chi connectivity index (χ1n) is 6.71. The average Bonchev–Trinajstić information content (AvgIpc) is 2.38. The lowest BCUT2D eigenvalue weighted by atomic mass is 9.84. The van der Waals surface area contributed by atoms with Crippen molar-refractivity contribution in [1.29, 1.82) is 0 Å². The van der Waals surface area contributed by atoms with E-state index >= 15 is 0 Å². The Balaban J connectivity index is 2.43. The molecule has 1 aromatic carbocycles. The standard InChI is InChI=1S/C15H21F2NO/c1-10-8-11(2)14(13(9-10)19-3)15(16,17)12-4-6-18-7-5-12/h8-9,12,18H,4-7H2,1-3H3. The first-order valence-corrected chi connectivity index (χ1v) is 6.71. The molecule has 1 heterocycles. The quantitative estimate of drug-likeness (QED) is 0.908. The number of hydrogen-bond acceptors (Lipinski definition) is 2. The summed E-state index contributed by atoms with van der Waals surface area (Å²) in [6.07, 6.45) is 1.01. The van der Waals surface area contributed by atoms with Crippen LogP contribution in [-0.4, -0.2) is 20.2 Å². The Bertz CT molecular complexity index is 454. The van der Waals surface area contributed by atoms with Crippen LogP contribution in [0.5, 0.6) is 5.75 Å². The van der Waals surface area contributed by atoms with Gasteiger partial charge in [-0.15, -0.1) is 0 Å². The first-order chi connectivity index (χ1) is 8.96. The van der Waals surface area contributed by atoms with E-state index in [9.17, 15) is 8.78 Å². The topological polar surface area (TPSA) is 21.3 Å². The summed E-state index contributed by atoms with van der Waals surface area (Å²) in [5, 5.41) is 3.13. The molecule has 1 N–H and O–H groups in total. The summed E-state index contributed by atoms with van der Waals surface area (Å²) in [6.45, 7) is 4.95. The van der Waals surface area contributed by atoms with Crippen LogP contribution in [0.2, 0.25) is 0 Å². The van der Waals surface area contributed by atoms with Gasteiger partial charge in [0.1, 0.15) is 5.75 Å².